The fraction of sp³-hybridized carbons (Fsp3) is 0.615. The summed E-state index contributed by atoms with van der Waals surface area (Å²) in [4.78, 5) is 0. The maximum absolute atomic E-state index is 6.13. The Morgan fingerprint density at radius 2 is 1.64 bits per heavy atom. The summed E-state index contributed by atoms with van der Waals surface area (Å²) >= 11 is 0. The van der Waals surface area contributed by atoms with Gasteiger partial charge in [-0.05, 0) is 51.5 Å². The fourth-order valence-corrected chi connectivity index (χ4v) is 7.61. The normalized spacial score (nSPS) is 16.7. The van der Waals surface area contributed by atoms with Gasteiger partial charge in [-0.2, -0.15) is 0 Å². The summed E-state index contributed by atoms with van der Waals surface area (Å²) in [5, 5.41) is 3.15. The molecule has 0 bridgehead atoms. The van der Waals surface area contributed by atoms with E-state index in [0.29, 0.717) is 5.92 Å². The third kappa shape index (κ3) is 4.32. The Labute approximate surface area is 175 Å². The average molecular weight is 399 g/mol. The van der Waals surface area contributed by atoms with Crippen LogP contribution in [0.15, 0.2) is 35.1 Å². The molecule has 28 heavy (non-hydrogen) atoms. The lowest BCUT2D eigenvalue weighted by Gasteiger charge is -2.35. The quantitative estimate of drug-likeness (QED) is 0.483. The van der Waals surface area contributed by atoms with Crippen LogP contribution in [0.5, 0.6) is 5.75 Å². The van der Waals surface area contributed by atoms with E-state index in [1.165, 1.54) is 22.7 Å². The molecule has 0 aliphatic heterocycles. The van der Waals surface area contributed by atoms with Gasteiger partial charge in [0.2, 0.25) is 0 Å². The second kappa shape index (κ2) is 7.86. The van der Waals surface area contributed by atoms with E-state index in [1.807, 2.05) is 7.11 Å². The minimum Gasteiger partial charge on any atom is -0.497 e. The van der Waals surface area contributed by atoms with Crippen LogP contribution in [0.2, 0.25) is 13.1 Å². The number of rotatable bonds is 5. The van der Waals surface area contributed by atoms with Gasteiger partial charge >= 0.3 is 0 Å². The molecule has 0 radical (unpaired) electrons. The van der Waals surface area contributed by atoms with E-state index in [0.717, 1.165) is 12.2 Å². The van der Waals surface area contributed by atoms with Crippen molar-refractivity contribution in [2.75, 3.05) is 7.11 Å². The molecule has 0 fully saturated rings. The van der Waals surface area contributed by atoms with Gasteiger partial charge in [0.25, 0.3) is 0 Å². The third-order valence-electron chi connectivity index (χ3n) is 6.51. The van der Waals surface area contributed by atoms with E-state index in [4.69, 9.17) is 4.74 Å². The van der Waals surface area contributed by atoms with Gasteiger partial charge in [0.15, 0.2) is 0 Å². The molecule has 1 atom stereocenters. The molecule has 1 aliphatic carbocycles. The standard InChI is InChI=1S/C26H42OSi/c1-12-18(2)20-14-13-15-22(20)28(10,11)23-17-19(25(3,4)5)16-21(24(23)27-9)26(6,7)8/h13-14,16-18H,12,15H2,1-11H3. The summed E-state index contributed by atoms with van der Waals surface area (Å²) < 4.78 is 6.13. The van der Waals surface area contributed by atoms with Crippen LogP contribution < -0.4 is 9.92 Å². The smallest absolute Gasteiger partial charge is 0.122 e. The summed E-state index contributed by atoms with van der Waals surface area (Å²) in [6, 6.07) is 4.86. The molecule has 1 unspecified atom stereocenters. The molecule has 1 aliphatic rings. The number of allylic oxidation sites excluding steroid dienone is 4. The van der Waals surface area contributed by atoms with E-state index in [2.05, 4.69) is 92.8 Å². The van der Waals surface area contributed by atoms with Gasteiger partial charge in [-0.25, -0.2) is 0 Å². The number of methoxy groups -OCH3 is 1. The maximum Gasteiger partial charge on any atom is 0.122 e. The second-order valence-electron chi connectivity index (χ2n) is 11.1. The van der Waals surface area contributed by atoms with Crippen LogP contribution in [0, 0.1) is 5.92 Å². The predicted molar refractivity (Wildman–Crippen MR) is 128 cm³/mol. The first kappa shape index (κ1) is 23.0. The molecule has 1 aromatic carbocycles. The molecule has 0 N–H and O–H groups in total. The van der Waals surface area contributed by atoms with Crippen LogP contribution in [0.1, 0.15) is 79.4 Å². The van der Waals surface area contributed by atoms with Crippen LogP contribution in [-0.2, 0) is 10.8 Å². The zero-order valence-electron chi connectivity index (χ0n) is 20.2. The lowest BCUT2D eigenvalue weighted by atomic mass is 9.80. The fourth-order valence-electron chi connectivity index (χ4n) is 4.29. The third-order valence-corrected chi connectivity index (χ3v) is 10.2. The van der Waals surface area contributed by atoms with Crippen LogP contribution in [0.3, 0.4) is 0 Å². The Morgan fingerprint density at radius 1 is 1.04 bits per heavy atom. The molecule has 0 spiro atoms. The summed E-state index contributed by atoms with van der Waals surface area (Å²) in [6.07, 6.45) is 7.06. The zero-order valence-corrected chi connectivity index (χ0v) is 21.2. The highest BCUT2D eigenvalue weighted by molar-refractivity contribution is 6.96. The number of benzene rings is 1. The molecule has 2 heteroatoms. The molecule has 0 saturated carbocycles. The molecule has 0 heterocycles. The Morgan fingerprint density at radius 3 is 2.11 bits per heavy atom. The van der Waals surface area contributed by atoms with Gasteiger partial charge in [0.1, 0.15) is 13.8 Å². The first-order valence-corrected chi connectivity index (χ1v) is 13.9. The van der Waals surface area contributed by atoms with Gasteiger partial charge in [0, 0.05) is 0 Å². The van der Waals surface area contributed by atoms with Crippen molar-refractivity contribution in [3.8, 4) is 5.75 Å². The molecule has 0 saturated heterocycles. The first-order chi connectivity index (χ1) is 12.7. The molecular weight excluding hydrogens is 356 g/mol. The Hall–Kier alpha value is -1.28. The Balaban J connectivity index is 2.82. The highest BCUT2D eigenvalue weighted by Crippen LogP contribution is 2.39. The van der Waals surface area contributed by atoms with Crippen LogP contribution in [0.25, 0.3) is 0 Å². The van der Waals surface area contributed by atoms with Crippen molar-refractivity contribution in [3.05, 3.63) is 46.2 Å². The van der Waals surface area contributed by atoms with Crippen molar-refractivity contribution >= 4 is 13.3 Å². The number of ether oxygens (including phenoxy) is 1. The van der Waals surface area contributed by atoms with E-state index in [9.17, 15) is 0 Å². The molecule has 156 valence electrons. The number of hydrogen-bond donors (Lipinski definition) is 0. The SMILES string of the molecule is CCC(C)C1=C([Si](C)(C)c2cc(C(C)(C)C)cc(C(C)(C)C)c2OC)CC=C1. The van der Waals surface area contributed by atoms with Crippen LogP contribution in [-0.4, -0.2) is 15.2 Å². The molecule has 0 amide bonds. The van der Waals surface area contributed by atoms with Gasteiger partial charge in [-0.3, -0.25) is 0 Å². The van der Waals surface area contributed by atoms with E-state index in [-0.39, 0.29) is 10.8 Å². The van der Waals surface area contributed by atoms with Gasteiger partial charge in [-0.1, -0.05) is 98.0 Å². The van der Waals surface area contributed by atoms with Crippen molar-refractivity contribution in [1.82, 2.24) is 0 Å². The summed E-state index contributed by atoms with van der Waals surface area (Å²) in [5.74, 6) is 1.75. The Kier molecular flexibility index (Phi) is 6.45. The minimum atomic E-state index is -1.88. The van der Waals surface area contributed by atoms with Crippen molar-refractivity contribution in [1.29, 1.82) is 0 Å². The van der Waals surface area contributed by atoms with Gasteiger partial charge in [-0.15, -0.1) is 0 Å². The van der Waals surface area contributed by atoms with Crippen molar-refractivity contribution in [2.24, 2.45) is 5.92 Å². The van der Waals surface area contributed by atoms with Gasteiger partial charge in [0.05, 0.1) is 7.11 Å². The highest BCUT2D eigenvalue weighted by Gasteiger charge is 2.37. The monoisotopic (exact) mass is 398 g/mol. The summed E-state index contributed by atoms with van der Waals surface area (Å²) in [6.45, 7) is 23.6. The molecule has 0 aromatic heterocycles. The zero-order chi connectivity index (χ0) is 21.5. The largest absolute Gasteiger partial charge is 0.497 e. The van der Waals surface area contributed by atoms with Crippen molar-refractivity contribution < 1.29 is 4.74 Å². The van der Waals surface area contributed by atoms with Crippen molar-refractivity contribution in [3.63, 3.8) is 0 Å². The van der Waals surface area contributed by atoms with Gasteiger partial charge < -0.3 is 4.74 Å². The lowest BCUT2D eigenvalue weighted by molar-refractivity contribution is 0.399. The maximum atomic E-state index is 6.13. The lowest BCUT2D eigenvalue weighted by Crippen LogP contribution is -2.46. The van der Waals surface area contributed by atoms with Crippen LogP contribution >= 0.6 is 0 Å². The average Bonchev–Trinajstić information content (AvgIpc) is 3.08. The first-order valence-electron chi connectivity index (χ1n) is 10.9. The Bertz CT molecular complexity index is 782. The van der Waals surface area contributed by atoms with Crippen molar-refractivity contribution in [2.45, 2.75) is 92.2 Å². The minimum absolute atomic E-state index is 0.0493. The summed E-state index contributed by atoms with van der Waals surface area (Å²) in [5.41, 5.74) is 4.51. The second-order valence-corrected chi connectivity index (χ2v) is 15.5. The van der Waals surface area contributed by atoms with Crippen LogP contribution in [0.4, 0.5) is 0 Å². The molecular formula is C26H42OSi. The van der Waals surface area contributed by atoms with E-state index in [1.54, 1.807) is 10.8 Å². The molecule has 1 nitrogen and oxygen atoms in total. The summed E-state index contributed by atoms with van der Waals surface area (Å²) in [7, 11) is -0.0289. The van der Waals surface area contributed by atoms with E-state index >= 15 is 0 Å². The van der Waals surface area contributed by atoms with E-state index < -0.39 is 8.07 Å². The predicted octanol–water partition coefficient (Wildman–Crippen LogP) is 7.05. The topological polar surface area (TPSA) is 9.23 Å². The molecule has 2 rings (SSSR count). The highest BCUT2D eigenvalue weighted by atomic mass is 28.3. The number of hydrogen-bond acceptors (Lipinski definition) is 1. The molecule has 1 aromatic rings.